The Morgan fingerprint density at radius 1 is 0.397 bits per heavy atom. The molecule has 0 atom stereocenters. The quantitative estimate of drug-likeness (QED) is 0.126. The number of carboxylic acid groups (broad SMARTS) is 2. The molecule has 0 unspecified atom stereocenters. The molecule has 0 spiro atoms. The fourth-order valence-electron chi connectivity index (χ4n) is 6.87. The van der Waals surface area contributed by atoms with E-state index in [1.165, 1.54) is 0 Å². The summed E-state index contributed by atoms with van der Waals surface area (Å²) in [5.41, 5.74) is -7.11. The van der Waals surface area contributed by atoms with Gasteiger partial charge in [-0.15, -0.1) is 141 Å². The predicted molar refractivity (Wildman–Crippen MR) is 271 cm³/mol. The molecule has 0 aliphatic carbocycles. The summed E-state index contributed by atoms with van der Waals surface area (Å²) >= 11 is -3.18. The van der Waals surface area contributed by atoms with E-state index in [-0.39, 0.29) is 141 Å². The number of esters is 2. The summed E-state index contributed by atoms with van der Waals surface area (Å²) in [5, 5.41) is 23.1. The number of hydrogen-bond acceptors (Lipinski definition) is 18. The Morgan fingerprint density at radius 3 is 0.825 bits per heavy atom. The highest BCUT2D eigenvalue weighted by atomic mass is 32.2. The molecule has 6 heterocycles. The zero-order valence-corrected chi connectivity index (χ0v) is 40.2. The van der Waals surface area contributed by atoms with E-state index in [1.807, 2.05) is 0 Å². The van der Waals surface area contributed by atoms with Gasteiger partial charge in [0.05, 0.1) is 47.1 Å². The van der Waals surface area contributed by atoms with Crippen molar-refractivity contribution in [1.29, 1.82) is 0 Å². The SMILES string of the molecule is [2H]C([2H])([2H])C1(C([2H])([2H])[2H])Sc2c(c(C(=O)O)c3c(c2[C](c2c4c(c(C(=O)O)c5c2SC(C([2H])([2H])[2H])(C([2H])([2H])[2H])S5)SC(C([2H])([2H])[2H])(C([2H])([2H])[2H])S4)c2c4c(c(C(=O)OCOC(C)=O)c5c2SC(C([2H])([2H])[2H])(C([2H])([2H])[2H])S5)SC(C([2H])([2H])[2H])(C([2H])([2H])[2H])S4)SC(C([2H])([2H])[2H])(C([2H])([2H])[2H])S3)S1. The molecule has 8 nitrogen and oxygen atoms in total. The number of benzene rings is 3. The number of carbonyl (C=O) groups excluding carboxylic acids is 2. The Kier molecular flexibility index (Phi) is 5.29. The van der Waals surface area contributed by atoms with Gasteiger partial charge in [-0.1, -0.05) is 0 Å². The van der Waals surface area contributed by atoms with Crippen molar-refractivity contribution in [3.05, 3.63) is 39.3 Å². The molecule has 335 valence electrons. The van der Waals surface area contributed by atoms with E-state index >= 15 is 4.79 Å². The van der Waals surface area contributed by atoms with Gasteiger partial charge in [-0.3, -0.25) is 4.79 Å². The Hall–Kier alpha value is -0.260. The molecular formula is C43H43O8S12. The second kappa shape index (κ2) is 15.9. The van der Waals surface area contributed by atoms with Crippen molar-refractivity contribution >= 4 is 165 Å². The molecule has 0 fully saturated rings. The van der Waals surface area contributed by atoms with Gasteiger partial charge in [-0.05, 0) is 98.9 Å². The maximum Gasteiger partial charge on any atom is 0.343 e. The maximum absolute atomic E-state index is 15.3. The highest BCUT2D eigenvalue weighted by Gasteiger charge is 2.54. The zero-order chi connectivity index (χ0) is 75.9. The number of thioether (sulfide) groups is 12. The van der Waals surface area contributed by atoms with Crippen LogP contribution in [0.2, 0.25) is 0 Å². The molecule has 0 amide bonds. The fourth-order valence-corrected chi connectivity index (χ4v) is 22.1. The third-order valence-electron chi connectivity index (χ3n) is 8.75. The molecule has 1 radical (unpaired) electrons. The van der Waals surface area contributed by atoms with E-state index in [9.17, 15) is 24.6 Å². The van der Waals surface area contributed by atoms with Crippen molar-refractivity contribution in [3.8, 4) is 0 Å². The average Bonchev–Trinajstić information content (AvgIpc) is 1.52. The Morgan fingerprint density at radius 2 is 0.619 bits per heavy atom. The predicted octanol–water partition coefficient (Wildman–Crippen LogP) is 15.4. The standard InChI is InChI=1S/C43H43O8S12/c1-15(44)50-14-51-37(49)22-33-27(56-42(10,11)62-33)19(28-34(22)63-43(12,13)57-28)16(17-23-29(58-38(2,3)52-23)20(35(45)46)30-24(17)53-39(4,5)59-30)18-25-31(60-40(6,7)54-25)21(36(47)48)32-26(18)55-41(8,9)61-32/h14H2,1-13H3,(H,45,46)(H,47,48)/i2D3,3D3,4D3,5D3,6D3,7D3,8D3,9D3,10D3,11D3,12D3,13D3. The van der Waals surface area contributed by atoms with Crippen molar-refractivity contribution in [3.63, 3.8) is 0 Å². The zero-order valence-electron chi connectivity index (χ0n) is 66.5. The molecule has 3 aromatic rings. The summed E-state index contributed by atoms with van der Waals surface area (Å²) in [5.74, 6) is -8.59. The first kappa shape index (κ1) is 21.0. The number of ether oxygens (including phenoxy) is 2. The minimum Gasteiger partial charge on any atom is -0.478 e. The third-order valence-corrected chi connectivity index (χ3v) is 23.3. The highest BCUT2D eigenvalue weighted by molar-refractivity contribution is 8.23. The summed E-state index contributed by atoms with van der Waals surface area (Å²) in [6.45, 7) is -47.6. The van der Waals surface area contributed by atoms with Crippen LogP contribution in [-0.2, 0) is 14.3 Å². The highest BCUT2D eigenvalue weighted by Crippen LogP contribution is 2.74. The van der Waals surface area contributed by atoms with Gasteiger partial charge in [0.25, 0.3) is 0 Å². The normalized spacial score (nSPS) is 32.5. The van der Waals surface area contributed by atoms with Gasteiger partial charge in [-0.2, -0.15) is 0 Å². The molecule has 9 rings (SSSR count). The number of aromatic carboxylic acids is 2. The largest absolute Gasteiger partial charge is 0.478 e. The summed E-state index contributed by atoms with van der Waals surface area (Å²) < 4.78 is 313. The van der Waals surface area contributed by atoms with Gasteiger partial charge in [0.15, 0.2) is 0 Å². The van der Waals surface area contributed by atoms with Gasteiger partial charge in [-0.25, -0.2) is 14.4 Å². The molecular weight excluding hydrogens is 1030 g/mol. The number of hydrogen-bond donors (Lipinski definition) is 2. The number of carboxylic acids is 2. The van der Waals surface area contributed by atoms with Gasteiger partial charge in [0, 0.05) is 115 Å². The Labute approximate surface area is 469 Å². The lowest BCUT2D eigenvalue weighted by Gasteiger charge is -2.31. The molecule has 20 heteroatoms. The minimum absolute atomic E-state index is 0.240. The summed E-state index contributed by atoms with van der Waals surface area (Å²) in [6, 6.07) is 0. The van der Waals surface area contributed by atoms with Crippen molar-refractivity contribution < 1.29 is 88.2 Å². The first-order chi connectivity index (χ1) is 44.0. The van der Waals surface area contributed by atoms with Gasteiger partial charge < -0.3 is 19.7 Å². The van der Waals surface area contributed by atoms with Crippen LogP contribution in [0.4, 0.5) is 0 Å². The van der Waals surface area contributed by atoms with Crippen LogP contribution in [0.1, 0.15) is 186 Å². The number of carbonyl (C=O) groups is 4. The smallest absolute Gasteiger partial charge is 0.343 e. The molecule has 3 aromatic carbocycles. The van der Waals surface area contributed by atoms with E-state index in [2.05, 4.69) is 0 Å². The van der Waals surface area contributed by atoms with Crippen LogP contribution in [0, 0.1) is 5.92 Å². The molecule has 0 saturated heterocycles. The van der Waals surface area contributed by atoms with E-state index in [0.717, 1.165) is 6.92 Å². The van der Waals surface area contributed by atoms with Gasteiger partial charge in [0.2, 0.25) is 6.79 Å². The van der Waals surface area contributed by atoms with Crippen LogP contribution < -0.4 is 0 Å². The average molecular weight is 1110 g/mol. The van der Waals surface area contributed by atoms with Crippen LogP contribution in [0.5, 0.6) is 0 Å². The van der Waals surface area contributed by atoms with Crippen LogP contribution in [-0.4, -0.2) is 65.4 Å². The Bertz CT molecular complexity index is 3510. The van der Waals surface area contributed by atoms with Crippen molar-refractivity contribution in [2.24, 2.45) is 0 Å². The molecule has 0 saturated carbocycles. The van der Waals surface area contributed by atoms with Crippen LogP contribution >= 0.6 is 141 Å². The molecule has 0 aromatic heterocycles. The fraction of sp³-hybridized carbons (Fsp3) is 0.465. The molecule has 63 heavy (non-hydrogen) atoms. The van der Waals surface area contributed by atoms with Crippen LogP contribution in [0.25, 0.3) is 0 Å². The molecule has 6 aliphatic rings. The molecule has 0 bridgehead atoms. The van der Waals surface area contributed by atoms with Crippen molar-refractivity contribution in [2.75, 3.05) is 6.79 Å². The van der Waals surface area contributed by atoms with E-state index in [1.54, 1.807) is 0 Å². The van der Waals surface area contributed by atoms with Gasteiger partial charge in [0.1, 0.15) is 0 Å². The maximum atomic E-state index is 15.3. The first-order valence-corrected chi connectivity index (χ1v) is 26.4. The minimum atomic E-state index is -3.93. The van der Waals surface area contributed by atoms with E-state index in [0.29, 0.717) is 0 Å². The molecule has 6 aliphatic heterocycles. The lowest BCUT2D eigenvalue weighted by atomic mass is 9.83. The Balaban J connectivity index is 1.73. The van der Waals surface area contributed by atoms with Gasteiger partial charge >= 0.3 is 23.9 Å². The lowest BCUT2D eigenvalue weighted by Crippen LogP contribution is -2.18. The first-order valence-electron chi connectivity index (χ1n) is 34.6. The second-order valence-electron chi connectivity index (χ2n) is 13.3. The monoisotopic (exact) mass is 1110 g/mol. The summed E-state index contributed by atoms with van der Waals surface area (Å²) in [7, 11) is 0. The summed E-state index contributed by atoms with van der Waals surface area (Å²) in [6.07, 6.45) is 0. The third kappa shape index (κ3) is 8.42. The number of fused-ring (bicyclic) bond motifs is 6. The topological polar surface area (TPSA) is 127 Å². The van der Waals surface area contributed by atoms with Crippen molar-refractivity contribution in [1.82, 2.24) is 0 Å². The lowest BCUT2D eigenvalue weighted by molar-refractivity contribution is -0.149. The molecule has 2 N–H and O–H groups in total. The second-order valence-corrected chi connectivity index (χ2v) is 29.5. The number of rotatable bonds is 8. The van der Waals surface area contributed by atoms with E-state index < -0.39 is 235 Å². The van der Waals surface area contributed by atoms with E-state index in [4.69, 9.17) is 58.8 Å². The van der Waals surface area contributed by atoms with Crippen LogP contribution in [0.15, 0.2) is 58.7 Å². The van der Waals surface area contributed by atoms with Crippen molar-refractivity contribution in [2.45, 2.75) is 172 Å². The van der Waals surface area contributed by atoms with Crippen LogP contribution in [0.3, 0.4) is 0 Å². The summed E-state index contributed by atoms with van der Waals surface area (Å²) in [4.78, 5) is 43.6.